The van der Waals surface area contributed by atoms with Gasteiger partial charge in [0.2, 0.25) is 5.82 Å². The van der Waals surface area contributed by atoms with Gasteiger partial charge in [-0.3, -0.25) is 0 Å². The SMILES string of the molecule is Oc1c(C=Nc2c(F)c(F)c(F)c(F)c2F)cccc1-c1ccccc1.[Cl][Zr][Cl]. The van der Waals surface area contributed by atoms with Crippen molar-refractivity contribution in [1.82, 2.24) is 0 Å². The third kappa shape index (κ3) is 5.44. The molecular weight excluding hydrogens is 515 g/mol. The summed E-state index contributed by atoms with van der Waals surface area (Å²) in [6.07, 6.45) is 0.833. The third-order valence-electron chi connectivity index (χ3n) is 3.67. The Balaban J connectivity index is 0.000000941. The van der Waals surface area contributed by atoms with Gasteiger partial charge in [0.05, 0.1) is 0 Å². The van der Waals surface area contributed by atoms with Gasteiger partial charge in [-0.1, -0.05) is 42.5 Å². The van der Waals surface area contributed by atoms with Gasteiger partial charge in [0.15, 0.2) is 23.3 Å². The van der Waals surface area contributed by atoms with E-state index in [0.29, 0.717) is 11.1 Å². The zero-order chi connectivity index (χ0) is 21.6. The fraction of sp³-hybridized carbons (Fsp3) is 0. The van der Waals surface area contributed by atoms with Crippen molar-refractivity contribution in [3.8, 4) is 16.9 Å². The molecule has 0 aliphatic carbocycles. The Kier molecular flexibility index (Phi) is 8.81. The predicted octanol–water partition coefficient (Wildman–Crippen LogP) is 6.88. The number of aromatic hydroxyl groups is 1. The van der Waals surface area contributed by atoms with Crippen LogP contribution < -0.4 is 0 Å². The zero-order valence-corrected chi connectivity index (χ0v) is 18.2. The van der Waals surface area contributed by atoms with Crippen LogP contribution in [0.2, 0.25) is 0 Å². The van der Waals surface area contributed by atoms with Gasteiger partial charge in [0, 0.05) is 17.3 Å². The average molecular weight is 525 g/mol. The van der Waals surface area contributed by atoms with E-state index in [1.807, 2.05) is 0 Å². The zero-order valence-electron chi connectivity index (χ0n) is 14.2. The van der Waals surface area contributed by atoms with Crippen LogP contribution in [-0.2, 0) is 20.8 Å². The summed E-state index contributed by atoms with van der Waals surface area (Å²) >= 11 is -0.826. The molecule has 10 heteroatoms. The molecule has 0 spiro atoms. The number of para-hydroxylation sites is 1. The summed E-state index contributed by atoms with van der Waals surface area (Å²) in [6, 6.07) is 13.3. The van der Waals surface area contributed by atoms with Gasteiger partial charge in [-0.15, -0.1) is 0 Å². The summed E-state index contributed by atoms with van der Waals surface area (Å²) in [6.45, 7) is 0. The molecule has 0 aromatic heterocycles. The number of halogens is 7. The number of rotatable bonds is 3. The molecule has 0 atom stereocenters. The quantitative estimate of drug-likeness (QED) is 0.172. The first kappa shape index (κ1) is 23.5. The number of phenols is 1. The second kappa shape index (κ2) is 10.9. The van der Waals surface area contributed by atoms with Crippen LogP contribution in [0.25, 0.3) is 11.1 Å². The maximum absolute atomic E-state index is 13.7. The number of hydrogen-bond donors (Lipinski definition) is 1. The third-order valence-corrected chi connectivity index (χ3v) is 3.67. The van der Waals surface area contributed by atoms with Gasteiger partial charge in [0.25, 0.3) is 0 Å². The van der Waals surface area contributed by atoms with Gasteiger partial charge in [0.1, 0.15) is 11.4 Å². The fourth-order valence-corrected chi connectivity index (χ4v) is 2.36. The van der Waals surface area contributed by atoms with Crippen molar-refractivity contribution < 1.29 is 47.9 Å². The Hall–Kier alpha value is -1.76. The summed E-state index contributed by atoms with van der Waals surface area (Å²) in [5, 5.41) is 10.3. The fourth-order valence-electron chi connectivity index (χ4n) is 2.36. The number of benzene rings is 3. The summed E-state index contributed by atoms with van der Waals surface area (Å²) in [4.78, 5) is 3.35. The monoisotopic (exact) mass is 523 g/mol. The Labute approximate surface area is 181 Å². The Morgan fingerprint density at radius 2 is 1.28 bits per heavy atom. The van der Waals surface area contributed by atoms with Gasteiger partial charge >= 0.3 is 37.9 Å². The molecular formula is C19H10Cl2F5NOZr. The van der Waals surface area contributed by atoms with Crippen LogP contribution in [0.5, 0.6) is 5.75 Å². The first-order chi connectivity index (χ1) is 13.8. The van der Waals surface area contributed by atoms with Crippen molar-refractivity contribution >= 4 is 28.9 Å². The molecule has 150 valence electrons. The minimum absolute atomic E-state index is 0.0512. The van der Waals surface area contributed by atoms with E-state index in [4.69, 9.17) is 17.0 Å². The molecule has 0 aliphatic rings. The molecule has 0 radical (unpaired) electrons. The van der Waals surface area contributed by atoms with Crippen LogP contribution >= 0.6 is 17.0 Å². The van der Waals surface area contributed by atoms with Crippen molar-refractivity contribution in [3.05, 3.63) is 83.2 Å². The Morgan fingerprint density at radius 1 is 0.759 bits per heavy atom. The van der Waals surface area contributed by atoms with Crippen LogP contribution in [-0.4, -0.2) is 11.3 Å². The molecule has 3 aromatic rings. The van der Waals surface area contributed by atoms with E-state index in [2.05, 4.69) is 4.99 Å². The molecule has 29 heavy (non-hydrogen) atoms. The number of phenolic OH excluding ortho intramolecular Hbond substituents is 1. The van der Waals surface area contributed by atoms with Gasteiger partial charge in [-0.05, 0) is 11.6 Å². The molecule has 3 aromatic carbocycles. The second-order valence-electron chi connectivity index (χ2n) is 5.36. The van der Waals surface area contributed by atoms with E-state index in [1.165, 1.54) is 6.07 Å². The minimum atomic E-state index is -2.26. The number of hydrogen-bond acceptors (Lipinski definition) is 2. The first-order valence-corrected chi connectivity index (χ1v) is 14.1. The van der Waals surface area contributed by atoms with Gasteiger partial charge in [-0.2, -0.15) is 0 Å². The van der Waals surface area contributed by atoms with Crippen LogP contribution in [0.4, 0.5) is 27.6 Å². The average Bonchev–Trinajstić information content (AvgIpc) is 2.73. The summed E-state index contributed by atoms with van der Waals surface area (Å²) < 4.78 is 66.8. The van der Waals surface area contributed by atoms with Gasteiger partial charge in [-0.25, -0.2) is 26.9 Å². The van der Waals surface area contributed by atoms with Crippen LogP contribution in [0.1, 0.15) is 5.56 Å². The first-order valence-electron chi connectivity index (χ1n) is 7.72. The van der Waals surface area contributed by atoms with Crippen LogP contribution in [0.3, 0.4) is 0 Å². The molecule has 0 aliphatic heterocycles. The number of nitrogens with zero attached hydrogens (tertiary/aromatic N) is 1. The molecule has 0 unspecified atom stereocenters. The molecule has 0 bridgehead atoms. The molecule has 0 fully saturated rings. The van der Waals surface area contributed by atoms with Crippen molar-refractivity contribution in [3.63, 3.8) is 0 Å². The van der Waals surface area contributed by atoms with Crippen LogP contribution in [0, 0.1) is 29.1 Å². The van der Waals surface area contributed by atoms with E-state index < -0.39 is 55.6 Å². The molecule has 0 saturated carbocycles. The van der Waals surface area contributed by atoms with E-state index in [1.54, 1.807) is 42.5 Å². The maximum atomic E-state index is 13.7. The van der Waals surface area contributed by atoms with E-state index in [9.17, 15) is 27.1 Å². The Morgan fingerprint density at radius 3 is 1.83 bits per heavy atom. The van der Waals surface area contributed by atoms with Gasteiger partial charge < -0.3 is 5.11 Å². The molecule has 3 rings (SSSR count). The Bertz CT molecular complexity index is 1010. The molecule has 0 amide bonds. The topological polar surface area (TPSA) is 32.6 Å². The number of aliphatic imine (C=N–C) groups is 1. The molecule has 0 saturated heterocycles. The second-order valence-corrected chi connectivity index (χ2v) is 9.09. The normalized spacial score (nSPS) is 10.6. The van der Waals surface area contributed by atoms with Crippen molar-refractivity contribution in [2.75, 3.05) is 0 Å². The summed E-state index contributed by atoms with van der Waals surface area (Å²) in [5.41, 5.74) is -0.176. The van der Waals surface area contributed by atoms with Crippen molar-refractivity contribution in [1.29, 1.82) is 0 Å². The summed E-state index contributed by atoms with van der Waals surface area (Å²) in [7, 11) is 9.87. The standard InChI is InChI=1S/C19H10F5NO.2ClH.Zr/c20-13-14(21)16(23)18(17(24)15(13)22)25-9-11-7-4-8-12(19(11)26)10-5-2-1-3-6-10;;;/h1-9,26H;2*1H;/q;;;+2/p-2. The summed E-state index contributed by atoms with van der Waals surface area (Å²) in [5.74, 6) is -10.8. The van der Waals surface area contributed by atoms with E-state index in [0.717, 1.165) is 6.21 Å². The van der Waals surface area contributed by atoms with Crippen molar-refractivity contribution in [2.24, 2.45) is 4.99 Å². The molecule has 1 N–H and O–H groups in total. The van der Waals surface area contributed by atoms with Crippen molar-refractivity contribution in [2.45, 2.75) is 0 Å². The predicted molar refractivity (Wildman–Crippen MR) is 98.7 cm³/mol. The molecule has 0 heterocycles. The molecule has 2 nitrogen and oxygen atoms in total. The van der Waals surface area contributed by atoms with Crippen LogP contribution in [0.15, 0.2) is 53.5 Å². The van der Waals surface area contributed by atoms with E-state index >= 15 is 0 Å². The van der Waals surface area contributed by atoms with E-state index in [-0.39, 0.29) is 11.3 Å².